The summed E-state index contributed by atoms with van der Waals surface area (Å²) in [5.74, 6) is 1.79. The van der Waals surface area contributed by atoms with Crippen molar-refractivity contribution in [3.8, 4) is 0 Å². The van der Waals surface area contributed by atoms with Crippen LogP contribution in [0, 0.1) is 0 Å². The molecular weight excluding hydrogens is 541 g/mol. The number of hydrogen-bond acceptors (Lipinski definition) is 4. The second kappa shape index (κ2) is 13.3. The minimum atomic E-state index is 0. The van der Waals surface area contributed by atoms with Crippen molar-refractivity contribution in [1.29, 1.82) is 0 Å². The van der Waals surface area contributed by atoms with Gasteiger partial charge in [0.25, 0.3) is 5.56 Å². The van der Waals surface area contributed by atoms with Crippen molar-refractivity contribution in [1.82, 2.24) is 20.1 Å². The number of nitrogens with one attached hydrogen (secondary N) is 2. The van der Waals surface area contributed by atoms with Gasteiger partial charge in [-0.05, 0) is 62.2 Å². The number of pyridine rings is 1. The van der Waals surface area contributed by atoms with Gasteiger partial charge >= 0.3 is 0 Å². The lowest BCUT2D eigenvalue weighted by molar-refractivity contribution is 0.215. The highest BCUT2D eigenvalue weighted by Gasteiger charge is 2.25. The Morgan fingerprint density at radius 3 is 2.47 bits per heavy atom. The molecule has 1 fully saturated rings. The second-order valence-corrected chi connectivity index (χ2v) is 8.33. The number of benzene rings is 1. The molecule has 3 heterocycles. The van der Waals surface area contributed by atoms with E-state index in [-0.39, 0.29) is 35.6 Å². The molecule has 0 aliphatic carbocycles. The highest BCUT2D eigenvalue weighted by Crippen LogP contribution is 2.24. The van der Waals surface area contributed by atoms with Crippen LogP contribution in [-0.4, -0.2) is 41.6 Å². The number of guanidine groups is 1. The van der Waals surface area contributed by atoms with Gasteiger partial charge < -0.3 is 19.6 Å². The van der Waals surface area contributed by atoms with Gasteiger partial charge in [-0.25, -0.2) is 4.99 Å². The normalized spacial score (nSPS) is 15.0. The van der Waals surface area contributed by atoms with Crippen molar-refractivity contribution in [2.45, 2.75) is 38.9 Å². The van der Waals surface area contributed by atoms with Crippen molar-refractivity contribution in [3.63, 3.8) is 0 Å². The predicted octanol–water partition coefficient (Wildman–Crippen LogP) is 4.00. The summed E-state index contributed by atoms with van der Waals surface area (Å²) in [7, 11) is 0. The molecule has 4 rings (SSSR count). The average Bonchev–Trinajstić information content (AvgIpc) is 3.55. The third kappa shape index (κ3) is 7.20. The summed E-state index contributed by atoms with van der Waals surface area (Å²) < 4.78 is 7.43. The molecular formula is C26H34IN5O2. The Bertz CT molecular complexity index is 1070. The molecule has 1 saturated heterocycles. The molecule has 182 valence electrons. The van der Waals surface area contributed by atoms with E-state index in [1.165, 1.54) is 12.8 Å². The topological polar surface area (TPSA) is 74.8 Å². The molecule has 0 spiro atoms. The Hall–Kier alpha value is -2.59. The summed E-state index contributed by atoms with van der Waals surface area (Å²) >= 11 is 0. The molecule has 8 heteroatoms. The molecule has 1 unspecified atom stereocenters. The summed E-state index contributed by atoms with van der Waals surface area (Å²) in [6.07, 6.45) is 6.03. The van der Waals surface area contributed by atoms with Gasteiger partial charge in [-0.2, -0.15) is 0 Å². The predicted molar refractivity (Wildman–Crippen MR) is 147 cm³/mol. The molecule has 1 aliphatic rings. The number of nitrogens with zero attached hydrogens (tertiary/aromatic N) is 3. The van der Waals surface area contributed by atoms with E-state index in [2.05, 4.69) is 52.8 Å². The van der Waals surface area contributed by atoms with Gasteiger partial charge in [0.05, 0.1) is 25.4 Å². The third-order valence-electron chi connectivity index (χ3n) is 5.95. The Labute approximate surface area is 218 Å². The maximum atomic E-state index is 11.9. The van der Waals surface area contributed by atoms with E-state index in [1.54, 1.807) is 23.0 Å². The largest absolute Gasteiger partial charge is 0.468 e. The molecule has 2 N–H and O–H groups in total. The first-order chi connectivity index (χ1) is 16.2. The van der Waals surface area contributed by atoms with Crippen LogP contribution in [0.25, 0.3) is 0 Å². The number of hydrogen-bond donors (Lipinski definition) is 2. The van der Waals surface area contributed by atoms with Crippen LogP contribution in [0.4, 0.5) is 0 Å². The maximum absolute atomic E-state index is 11.9. The van der Waals surface area contributed by atoms with E-state index in [9.17, 15) is 4.79 Å². The summed E-state index contributed by atoms with van der Waals surface area (Å²) in [4.78, 5) is 19.2. The summed E-state index contributed by atoms with van der Waals surface area (Å²) in [6, 6.07) is 17.7. The van der Waals surface area contributed by atoms with Gasteiger partial charge in [0.2, 0.25) is 0 Å². The van der Waals surface area contributed by atoms with Crippen molar-refractivity contribution in [2.24, 2.45) is 4.99 Å². The van der Waals surface area contributed by atoms with Crippen molar-refractivity contribution >= 4 is 29.9 Å². The van der Waals surface area contributed by atoms with Crippen LogP contribution in [-0.2, 0) is 13.1 Å². The van der Waals surface area contributed by atoms with Crippen LogP contribution in [0.2, 0.25) is 0 Å². The first kappa shape index (κ1) is 26.0. The number of furan rings is 1. The van der Waals surface area contributed by atoms with Crippen LogP contribution >= 0.6 is 24.0 Å². The lowest BCUT2D eigenvalue weighted by atomic mass is 10.1. The number of rotatable bonds is 9. The van der Waals surface area contributed by atoms with Crippen LogP contribution in [0.15, 0.2) is 81.3 Å². The van der Waals surface area contributed by atoms with Gasteiger partial charge in [-0.1, -0.05) is 30.3 Å². The molecule has 2 aromatic heterocycles. The summed E-state index contributed by atoms with van der Waals surface area (Å²) in [5.41, 5.74) is 2.22. The molecule has 1 aromatic carbocycles. The molecule has 7 nitrogen and oxygen atoms in total. The van der Waals surface area contributed by atoms with E-state index in [0.29, 0.717) is 13.1 Å². The standard InChI is InChI=1S/C26H33N5O2.HI/c1-2-27-26(29-19-23(24-8-7-17-33-24)30-14-5-6-15-30)28-18-21-10-12-22(13-11-21)20-31-16-4-3-9-25(31)32;/h3-4,7-13,16-17,23H,2,5-6,14-15,18-20H2,1H3,(H2,27,28,29);1H. The van der Waals surface area contributed by atoms with E-state index in [4.69, 9.17) is 9.41 Å². The Kier molecular flexibility index (Phi) is 10.2. The number of aromatic nitrogens is 1. The number of halogens is 1. The number of aliphatic imine (C=N–C) groups is 1. The molecule has 0 radical (unpaired) electrons. The zero-order valence-electron chi connectivity index (χ0n) is 19.7. The maximum Gasteiger partial charge on any atom is 0.250 e. The minimum Gasteiger partial charge on any atom is -0.468 e. The molecule has 34 heavy (non-hydrogen) atoms. The highest BCUT2D eigenvalue weighted by molar-refractivity contribution is 14.0. The molecule has 0 saturated carbocycles. The first-order valence-corrected chi connectivity index (χ1v) is 11.8. The van der Waals surface area contributed by atoms with Crippen LogP contribution in [0.1, 0.15) is 42.7 Å². The second-order valence-electron chi connectivity index (χ2n) is 8.33. The minimum absolute atomic E-state index is 0. The average molecular weight is 575 g/mol. The Balaban J connectivity index is 0.00000324. The fourth-order valence-electron chi connectivity index (χ4n) is 4.19. The van der Waals surface area contributed by atoms with Crippen molar-refractivity contribution in [2.75, 3.05) is 26.2 Å². The van der Waals surface area contributed by atoms with Gasteiger partial charge in [0.1, 0.15) is 5.76 Å². The lowest BCUT2D eigenvalue weighted by Crippen LogP contribution is -2.42. The van der Waals surface area contributed by atoms with Gasteiger partial charge in [-0.15, -0.1) is 24.0 Å². The van der Waals surface area contributed by atoms with Crippen molar-refractivity contribution in [3.05, 3.63) is 94.3 Å². The molecule has 1 aliphatic heterocycles. The van der Waals surface area contributed by atoms with Crippen LogP contribution < -0.4 is 16.2 Å². The molecule has 0 bridgehead atoms. The zero-order chi connectivity index (χ0) is 22.9. The van der Waals surface area contributed by atoms with Crippen LogP contribution in [0.3, 0.4) is 0 Å². The van der Waals surface area contributed by atoms with Crippen LogP contribution in [0.5, 0.6) is 0 Å². The molecule has 0 amide bonds. The SMILES string of the molecule is CCNC(=NCc1ccc(Cn2ccccc2=O)cc1)NCC(c1ccco1)N1CCCC1.I. The highest BCUT2D eigenvalue weighted by atomic mass is 127. The summed E-state index contributed by atoms with van der Waals surface area (Å²) in [6.45, 7) is 6.95. The van der Waals surface area contributed by atoms with Crippen molar-refractivity contribution < 1.29 is 4.42 Å². The quantitative estimate of drug-likeness (QED) is 0.229. The Morgan fingerprint density at radius 2 is 1.79 bits per heavy atom. The number of likely N-dealkylation sites (tertiary alicyclic amines) is 1. The summed E-state index contributed by atoms with van der Waals surface area (Å²) in [5, 5.41) is 6.85. The third-order valence-corrected chi connectivity index (χ3v) is 5.95. The van der Waals surface area contributed by atoms with E-state index < -0.39 is 0 Å². The first-order valence-electron chi connectivity index (χ1n) is 11.8. The molecule has 1 atom stereocenters. The van der Waals surface area contributed by atoms with E-state index >= 15 is 0 Å². The van der Waals surface area contributed by atoms with Gasteiger partial charge in [0, 0.05) is 25.4 Å². The molecule has 3 aromatic rings. The van der Waals surface area contributed by atoms with Gasteiger partial charge in [0.15, 0.2) is 5.96 Å². The monoisotopic (exact) mass is 575 g/mol. The smallest absolute Gasteiger partial charge is 0.250 e. The van der Waals surface area contributed by atoms with E-state index in [0.717, 1.165) is 49.0 Å². The van der Waals surface area contributed by atoms with Gasteiger partial charge in [-0.3, -0.25) is 9.69 Å². The fourth-order valence-corrected chi connectivity index (χ4v) is 4.19. The lowest BCUT2D eigenvalue weighted by Gasteiger charge is -2.26. The fraction of sp³-hybridized carbons (Fsp3) is 0.385. The Morgan fingerprint density at radius 1 is 1.03 bits per heavy atom. The zero-order valence-corrected chi connectivity index (χ0v) is 22.0. The van der Waals surface area contributed by atoms with E-state index in [1.807, 2.05) is 18.3 Å².